The first kappa shape index (κ1) is 24.4. The quantitative estimate of drug-likeness (QED) is 0.396. The molecule has 0 aromatic rings. The van der Waals surface area contributed by atoms with Crippen LogP contribution < -0.4 is 0 Å². The number of fused-ring (bicyclic) bond motifs is 2. The van der Waals surface area contributed by atoms with Crippen LogP contribution in [0.4, 0.5) is 0 Å². The highest BCUT2D eigenvalue weighted by atomic mass is 16.6. The third-order valence-corrected chi connectivity index (χ3v) is 8.20. The van der Waals surface area contributed by atoms with Crippen molar-refractivity contribution >= 4 is 17.8 Å². The number of aliphatic hydroxyl groups is 1. The summed E-state index contributed by atoms with van der Waals surface area (Å²) in [5.74, 6) is -2.85. The van der Waals surface area contributed by atoms with Crippen molar-refractivity contribution < 1.29 is 33.7 Å². The first-order valence-electron chi connectivity index (χ1n) is 12.6. The summed E-state index contributed by atoms with van der Waals surface area (Å²) in [6, 6.07) is -1.52. The van der Waals surface area contributed by atoms with E-state index in [2.05, 4.69) is 4.90 Å². The van der Waals surface area contributed by atoms with Crippen LogP contribution in [0, 0.1) is 11.8 Å². The number of ether oxygens (including phenoxy) is 3. The van der Waals surface area contributed by atoms with Gasteiger partial charge in [-0.15, -0.1) is 0 Å². The SMILES string of the molecule is CC[C@@H](CO)N1C(=O)[C@@H]2[C@@H]3C(=O)OCC=C[C@]3(C)O[C@@]23C=CCN(CCN2CCOCC2)C(=O)C13. The molecule has 1 spiro atoms. The molecule has 1 N–H and O–H groups in total. The predicted molar refractivity (Wildman–Crippen MR) is 124 cm³/mol. The largest absolute Gasteiger partial charge is 0.461 e. The molecule has 0 aliphatic carbocycles. The number of likely N-dealkylation sites (tertiary alicyclic amines) is 1. The number of hydrogen-bond donors (Lipinski definition) is 1. The summed E-state index contributed by atoms with van der Waals surface area (Å²) in [5, 5.41) is 10.1. The fourth-order valence-electron chi connectivity index (χ4n) is 6.44. The average Bonchev–Trinajstić information content (AvgIpc) is 3.11. The second kappa shape index (κ2) is 9.31. The van der Waals surface area contributed by atoms with E-state index >= 15 is 0 Å². The maximum absolute atomic E-state index is 14.1. The number of carbonyl (C=O) groups is 3. The molecule has 0 aromatic heterocycles. The second-order valence-electron chi connectivity index (χ2n) is 10.2. The Morgan fingerprint density at radius 1 is 1.09 bits per heavy atom. The lowest BCUT2D eigenvalue weighted by molar-refractivity contribution is -0.159. The Balaban J connectivity index is 1.53. The summed E-state index contributed by atoms with van der Waals surface area (Å²) in [6.07, 6.45) is 7.68. The molecular weight excluding hydrogens is 454 g/mol. The maximum Gasteiger partial charge on any atom is 0.313 e. The van der Waals surface area contributed by atoms with Gasteiger partial charge in [-0.25, -0.2) is 0 Å². The predicted octanol–water partition coefficient (Wildman–Crippen LogP) is -0.428. The molecule has 2 amide bonds. The number of rotatable bonds is 6. The maximum atomic E-state index is 14.1. The summed E-state index contributed by atoms with van der Waals surface area (Å²) >= 11 is 0. The van der Waals surface area contributed by atoms with Gasteiger partial charge in [-0.2, -0.15) is 0 Å². The lowest BCUT2D eigenvalue weighted by atomic mass is 9.75. The van der Waals surface area contributed by atoms with Crippen LogP contribution in [0.2, 0.25) is 0 Å². The summed E-state index contributed by atoms with van der Waals surface area (Å²) in [4.78, 5) is 46.7. The standard InChI is InChI=1S/C25H35N3O7/c1-3-17(16-29)28-20-22(31)27(10-9-26-11-14-33-15-12-26)8-4-7-25(20)18(21(28)30)19-23(32)34-13-5-6-24(19,2)35-25/h4-7,17-20,29H,3,8-16H2,1-2H3/t17-,18-,19+,20?,24-,25-/m0/s1. The molecule has 1 unspecified atom stereocenters. The topological polar surface area (TPSA) is 109 Å². The van der Waals surface area contributed by atoms with Crippen LogP contribution >= 0.6 is 0 Å². The molecule has 3 saturated heterocycles. The van der Waals surface area contributed by atoms with Gasteiger partial charge in [-0.3, -0.25) is 19.3 Å². The minimum Gasteiger partial charge on any atom is -0.461 e. The van der Waals surface area contributed by atoms with E-state index in [1.807, 2.05) is 19.1 Å². The number of nitrogens with zero attached hydrogens (tertiary/aromatic N) is 3. The van der Waals surface area contributed by atoms with E-state index in [0.29, 0.717) is 39.3 Å². The molecule has 10 heteroatoms. The number of cyclic esters (lactones) is 1. The number of morpholine rings is 1. The van der Waals surface area contributed by atoms with Crippen molar-refractivity contribution in [3.8, 4) is 0 Å². The van der Waals surface area contributed by atoms with Gasteiger partial charge in [0, 0.05) is 32.7 Å². The van der Waals surface area contributed by atoms with Crippen molar-refractivity contribution in [2.45, 2.75) is 43.6 Å². The number of carbonyl (C=O) groups excluding carboxylic acids is 3. The molecular formula is C25H35N3O7. The zero-order valence-corrected chi connectivity index (χ0v) is 20.4. The van der Waals surface area contributed by atoms with Gasteiger partial charge in [0.25, 0.3) is 0 Å². The van der Waals surface area contributed by atoms with Crippen molar-refractivity contribution in [1.29, 1.82) is 0 Å². The number of hydrogen-bond acceptors (Lipinski definition) is 8. The lowest BCUT2D eigenvalue weighted by Gasteiger charge is -2.40. The van der Waals surface area contributed by atoms with E-state index in [4.69, 9.17) is 14.2 Å². The van der Waals surface area contributed by atoms with Crippen LogP contribution in [0.3, 0.4) is 0 Å². The Morgan fingerprint density at radius 2 is 1.86 bits per heavy atom. The Kier molecular flexibility index (Phi) is 6.50. The number of aliphatic hydroxyl groups excluding tert-OH is 1. The Bertz CT molecular complexity index is 928. The summed E-state index contributed by atoms with van der Waals surface area (Å²) in [6.45, 7) is 8.07. The highest BCUT2D eigenvalue weighted by Crippen LogP contribution is 2.57. The van der Waals surface area contributed by atoms with Gasteiger partial charge >= 0.3 is 5.97 Å². The molecule has 5 aliphatic rings. The van der Waals surface area contributed by atoms with Gasteiger partial charge in [0.15, 0.2) is 0 Å². The molecule has 0 aromatic carbocycles. The molecule has 6 atom stereocenters. The second-order valence-corrected chi connectivity index (χ2v) is 10.2. The molecule has 0 bridgehead atoms. The molecule has 35 heavy (non-hydrogen) atoms. The van der Waals surface area contributed by atoms with E-state index in [0.717, 1.165) is 13.1 Å². The monoisotopic (exact) mass is 489 g/mol. The zero-order chi connectivity index (χ0) is 24.8. The Hall–Kier alpha value is -2.27. The van der Waals surface area contributed by atoms with E-state index in [-0.39, 0.29) is 25.0 Å². The van der Waals surface area contributed by atoms with Crippen LogP contribution in [-0.2, 0) is 28.6 Å². The molecule has 0 radical (unpaired) electrons. The van der Waals surface area contributed by atoms with Gasteiger partial charge in [-0.05, 0) is 19.4 Å². The van der Waals surface area contributed by atoms with Gasteiger partial charge in [0.1, 0.15) is 24.2 Å². The van der Waals surface area contributed by atoms with E-state index in [1.165, 1.54) is 4.90 Å². The van der Waals surface area contributed by atoms with E-state index in [9.17, 15) is 19.5 Å². The van der Waals surface area contributed by atoms with Crippen molar-refractivity contribution in [1.82, 2.24) is 14.7 Å². The van der Waals surface area contributed by atoms with Gasteiger partial charge in [0.05, 0.1) is 37.4 Å². The van der Waals surface area contributed by atoms with Crippen molar-refractivity contribution in [3.63, 3.8) is 0 Å². The minimum absolute atomic E-state index is 0.119. The smallest absolute Gasteiger partial charge is 0.313 e. The molecule has 5 heterocycles. The average molecular weight is 490 g/mol. The van der Waals surface area contributed by atoms with E-state index in [1.54, 1.807) is 24.0 Å². The molecule has 3 fully saturated rings. The van der Waals surface area contributed by atoms with Gasteiger partial charge in [-0.1, -0.05) is 25.2 Å². The molecule has 192 valence electrons. The minimum atomic E-state index is -1.31. The normalized spacial score (nSPS) is 38.0. The summed E-state index contributed by atoms with van der Waals surface area (Å²) in [7, 11) is 0. The van der Waals surface area contributed by atoms with Gasteiger partial charge in [0.2, 0.25) is 11.8 Å². The van der Waals surface area contributed by atoms with Gasteiger partial charge < -0.3 is 29.1 Å². The van der Waals surface area contributed by atoms with Crippen LogP contribution in [0.5, 0.6) is 0 Å². The van der Waals surface area contributed by atoms with E-state index < -0.39 is 41.1 Å². The molecule has 10 nitrogen and oxygen atoms in total. The highest BCUT2D eigenvalue weighted by molar-refractivity contribution is 5.99. The van der Waals surface area contributed by atoms with Crippen LogP contribution in [0.15, 0.2) is 24.3 Å². The summed E-state index contributed by atoms with van der Waals surface area (Å²) in [5.41, 5.74) is -2.39. The van der Waals surface area contributed by atoms with Crippen molar-refractivity contribution in [2.75, 3.05) is 59.2 Å². The van der Waals surface area contributed by atoms with Crippen LogP contribution in [0.1, 0.15) is 20.3 Å². The number of esters is 1. The van der Waals surface area contributed by atoms with Crippen LogP contribution in [0.25, 0.3) is 0 Å². The fourth-order valence-corrected chi connectivity index (χ4v) is 6.44. The molecule has 5 aliphatic heterocycles. The summed E-state index contributed by atoms with van der Waals surface area (Å²) < 4.78 is 17.5. The van der Waals surface area contributed by atoms with Crippen molar-refractivity contribution in [2.24, 2.45) is 11.8 Å². The molecule has 5 rings (SSSR count). The Morgan fingerprint density at radius 3 is 2.57 bits per heavy atom. The lowest BCUT2D eigenvalue weighted by Crippen LogP contribution is -2.59. The third kappa shape index (κ3) is 3.82. The zero-order valence-electron chi connectivity index (χ0n) is 20.4. The third-order valence-electron chi connectivity index (χ3n) is 8.20. The first-order chi connectivity index (χ1) is 16.9. The Labute approximate surface area is 205 Å². The fraction of sp³-hybridized carbons (Fsp3) is 0.720. The number of amides is 2. The molecule has 0 saturated carbocycles. The van der Waals surface area contributed by atoms with Crippen LogP contribution in [-0.4, -0.2) is 120 Å². The highest BCUT2D eigenvalue weighted by Gasteiger charge is 2.75. The first-order valence-corrected chi connectivity index (χ1v) is 12.6. The van der Waals surface area contributed by atoms with Crippen molar-refractivity contribution in [3.05, 3.63) is 24.3 Å².